The van der Waals surface area contributed by atoms with E-state index in [0.717, 1.165) is 56.0 Å². The third-order valence-corrected chi connectivity index (χ3v) is 5.29. The summed E-state index contributed by atoms with van der Waals surface area (Å²) >= 11 is 0. The summed E-state index contributed by atoms with van der Waals surface area (Å²) in [5.74, 6) is 1.13. The van der Waals surface area contributed by atoms with Gasteiger partial charge in [0.05, 0.1) is 11.3 Å². The largest absolute Gasteiger partial charge is 0.338 e. The number of hydrogen-bond acceptors (Lipinski definition) is 4. The number of fused-ring (bicyclic) bond motifs is 1. The minimum Gasteiger partial charge on any atom is -0.338 e. The highest BCUT2D eigenvalue weighted by Crippen LogP contribution is 2.29. The van der Waals surface area contributed by atoms with Gasteiger partial charge in [-0.2, -0.15) is 10.1 Å². The number of aryl methyl sites for hydroxylation is 3. The van der Waals surface area contributed by atoms with Crippen molar-refractivity contribution in [3.8, 4) is 0 Å². The molecule has 1 fully saturated rings. The first-order chi connectivity index (χ1) is 12.0. The van der Waals surface area contributed by atoms with Crippen molar-refractivity contribution in [2.75, 3.05) is 13.1 Å². The van der Waals surface area contributed by atoms with Crippen LogP contribution in [0.2, 0.25) is 0 Å². The van der Waals surface area contributed by atoms with E-state index < -0.39 is 0 Å². The molecule has 25 heavy (non-hydrogen) atoms. The fraction of sp³-hybridized carbons (Fsp3) is 0.556. The van der Waals surface area contributed by atoms with Crippen LogP contribution in [0.25, 0.3) is 0 Å². The zero-order valence-corrected chi connectivity index (χ0v) is 14.7. The molecule has 2 aromatic heterocycles. The van der Waals surface area contributed by atoms with E-state index in [9.17, 15) is 9.59 Å². The number of likely N-dealkylation sites (tertiary alicyclic amines) is 1. The second kappa shape index (κ2) is 6.13. The summed E-state index contributed by atoms with van der Waals surface area (Å²) in [4.78, 5) is 30.9. The minimum absolute atomic E-state index is 0.0355. The van der Waals surface area contributed by atoms with Gasteiger partial charge in [-0.1, -0.05) is 0 Å². The number of amides is 1. The van der Waals surface area contributed by atoms with Crippen LogP contribution in [0, 0.1) is 6.92 Å². The number of nitrogens with zero attached hydrogens (tertiary/aromatic N) is 5. The lowest BCUT2D eigenvalue weighted by Crippen LogP contribution is -2.40. The molecule has 7 nitrogen and oxygen atoms in total. The van der Waals surface area contributed by atoms with E-state index in [4.69, 9.17) is 0 Å². The minimum atomic E-state index is -0.158. The standard InChI is InChI=1S/C18H23N5O2/c1-12-14(11-21(2)20-12)18(25)22-7-3-5-13(10-22)15-9-17(24)19-16-6-4-8-23(15)16/h9,11,13H,3-8,10H2,1-2H3. The van der Waals surface area contributed by atoms with Gasteiger partial charge in [-0.25, -0.2) is 0 Å². The molecule has 1 saturated heterocycles. The van der Waals surface area contributed by atoms with Gasteiger partial charge in [0.15, 0.2) is 0 Å². The zero-order valence-electron chi connectivity index (χ0n) is 14.7. The van der Waals surface area contributed by atoms with E-state index in [0.29, 0.717) is 12.1 Å². The maximum Gasteiger partial charge on any atom is 0.273 e. The molecule has 4 rings (SSSR count). The molecule has 0 N–H and O–H groups in total. The molecule has 1 amide bonds. The van der Waals surface area contributed by atoms with E-state index in [2.05, 4.69) is 14.6 Å². The molecule has 1 unspecified atom stereocenters. The first-order valence-electron chi connectivity index (χ1n) is 8.93. The Morgan fingerprint density at radius 2 is 2.12 bits per heavy atom. The average molecular weight is 341 g/mol. The van der Waals surface area contributed by atoms with Crippen LogP contribution in [0.5, 0.6) is 0 Å². The highest BCUT2D eigenvalue weighted by atomic mass is 16.2. The summed E-state index contributed by atoms with van der Waals surface area (Å²) in [5, 5.41) is 4.28. The Labute approximate surface area is 146 Å². The van der Waals surface area contributed by atoms with E-state index in [-0.39, 0.29) is 17.4 Å². The van der Waals surface area contributed by atoms with Gasteiger partial charge in [0, 0.05) is 57.0 Å². The van der Waals surface area contributed by atoms with Gasteiger partial charge in [0.25, 0.3) is 11.5 Å². The normalized spacial score (nSPS) is 19.9. The number of carbonyl (C=O) groups excluding carboxylic acids is 1. The molecule has 132 valence electrons. The fourth-order valence-corrected chi connectivity index (χ4v) is 4.14. The Kier molecular flexibility index (Phi) is 3.94. The lowest BCUT2D eigenvalue weighted by Gasteiger charge is -2.33. The Hall–Kier alpha value is -2.44. The molecule has 2 aliphatic rings. The van der Waals surface area contributed by atoms with E-state index in [1.165, 1.54) is 0 Å². The van der Waals surface area contributed by atoms with Crippen molar-refractivity contribution in [3.05, 3.63) is 45.4 Å². The summed E-state index contributed by atoms with van der Waals surface area (Å²) in [6, 6.07) is 1.67. The quantitative estimate of drug-likeness (QED) is 0.824. The predicted octanol–water partition coefficient (Wildman–Crippen LogP) is 1.25. The molecule has 0 aliphatic carbocycles. The summed E-state index contributed by atoms with van der Waals surface area (Å²) in [6.07, 6.45) is 5.64. The molecule has 7 heteroatoms. The molecular weight excluding hydrogens is 318 g/mol. The summed E-state index contributed by atoms with van der Waals surface area (Å²) in [6.45, 7) is 4.19. The fourth-order valence-electron chi connectivity index (χ4n) is 4.14. The molecule has 0 saturated carbocycles. The number of piperidine rings is 1. The first kappa shape index (κ1) is 16.1. The van der Waals surface area contributed by atoms with Crippen molar-refractivity contribution in [3.63, 3.8) is 0 Å². The van der Waals surface area contributed by atoms with Crippen LogP contribution in [0.15, 0.2) is 17.1 Å². The van der Waals surface area contributed by atoms with Crippen LogP contribution >= 0.6 is 0 Å². The monoisotopic (exact) mass is 341 g/mol. The SMILES string of the molecule is Cc1nn(C)cc1C(=O)N1CCCC(c2cc(=O)nc3n2CCC3)C1. The van der Waals surface area contributed by atoms with E-state index >= 15 is 0 Å². The van der Waals surface area contributed by atoms with E-state index in [1.54, 1.807) is 16.9 Å². The van der Waals surface area contributed by atoms with Crippen LogP contribution in [0.1, 0.15) is 52.8 Å². The Balaban J connectivity index is 1.61. The summed E-state index contributed by atoms with van der Waals surface area (Å²) < 4.78 is 3.87. The van der Waals surface area contributed by atoms with Gasteiger partial charge < -0.3 is 9.47 Å². The molecule has 2 aliphatic heterocycles. The zero-order chi connectivity index (χ0) is 17.6. The molecule has 4 heterocycles. The average Bonchev–Trinajstić information content (AvgIpc) is 3.19. The Morgan fingerprint density at radius 1 is 1.28 bits per heavy atom. The second-order valence-electron chi connectivity index (χ2n) is 7.08. The number of aromatic nitrogens is 4. The maximum absolute atomic E-state index is 12.9. The number of hydrogen-bond donors (Lipinski definition) is 0. The Bertz CT molecular complexity index is 882. The van der Waals surface area contributed by atoms with Crippen molar-refractivity contribution < 1.29 is 4.79 Å². The predicted molar refractivity (Wildman–Crippen MR) is 92.6 cm³/mol. The molecule has 2 aromatic rings. The van der Waals surface area contributed by atoms with Crippen LogP contribution in [0.3, 0.4) is 0 Å². The topological polar surface area (TPSA) is 73.0 Å². The van der Waals surface area contributed by atoms with Crippen LogP contribution in [-0.4, -0.2) is 43.2 Å². The van der Waals surface area contributed by atoms with Crippen LogP contribution < -0.4 is 5.56 Å². The van der Waals surface area contributed by atoms with Gasteiger partial charge >= 0.3 is 0 Å². The van der Waals surface area contributed by atoms with Crippen molar-refractivity contribution in [2.45, 2.75) is 45.1 Å². The van der Waals surface area contributed by atoms with Gasteiger partial charge in [0.1, 0.15) is 5.82 Å². The highest BCUT2D eigenvalue weighted by molar-refractivity contribution is 5.95. The van der Waals surface area contributed by atoms with Gasteiger partial charge in [-0.3, -0.25) is 14.3 Å². The van der Waals surface area contributed by atoms with Crippen molar-refractivity contribution in [1.82, 2.24) is 24.2 Å². The molecule has 0 aromatic carbocycles. The van der Waals surface area contributed by atoms with Crippen LogP contribution in [-0.2, 0) is 20.0 Å². The van der Waals surface area contributed by atoms with Gasteiger partial charge in [0.2, 0.25) is 0 Å². The first-order valence-corrected chi connectivity index (χ1v) is 8.93. The smallest absolute Gasteiger partial charge is 0.273 e. The highest BCUT2D eigenvalue weighted by Gasteiger charge is 2.30. The number of rotatable bonds is 2. The third-order valence-electron chi connectivity index (χ3n) is 5.29. The third kappa shape index (κ3) is 2.88. The lowest BCUT2D eigenvalue weighted by molar-refractivity contribution is 0.0703. The molecule has 0 radical (unpaired) electrons. The number of carbonyl (C=O) groups is 1. The molecular formula is C18H23N5O2. The molecule has 0 spiro atoms. The lowest BCUT2D eigenvalue weighted by atomic mass is 9.93. The Morgan fingerprint density at radius 3 is 2.88 bits per heavy atom. The summed E-state index contributed by atoms with van der Waals surface area (Å²) in [5.41, 5.74) is 2.32. The van der Waals surface area contributed by atoms with E-state index in [1.807, 2.05) is 18.9 Å². The van der Waals surface area contributed by atoms with Crippen molar-refractivity contribution in [1.29, 1.82) is 0 Å². The van der Waals surface area contributed by atoms with Crippen LogP contribution in [0.4, 0.5) is 0 Å². The van der Waals surface area contributed by atoms with Crippen molar-refractivity contribution >= 4 is 5.91 Å². The van der Waals surface area contributed by atoms with Gasteiger partial charge in [-0.15, -0.1) is 0 Å². The van der Waals surface area contributed by atoms with Crippen molar-refractivity contribution in [2.24, 2.45) is 7.05 Å². The summed E-state index contributed by atoms with van der Waals surface area (Å²) in [7, 11) is 1.83. The maximum atomic E-state index is 12.9. The second-order valence-corrected chi connectivity index (χ2v) is 7.08. The van der Waals surface area contributed by atoms with Gasteiger partial charge in [-0.05, 0) is 26.2 Å². The molecule has 0 bridgehead atoms. The molecule has 1 atom stereocenters.